The summed E-state index contributed by atoms with van der Waals surface area (Å²) in [5.41, 5.74) is 1.82. The van der Waals surface area contributed by atoms with E-state index in [9.17, 15) is 14.3 Å². The van der Waals surface area contributed by atoms with Crippen molar-refractivity contribution >= 4 is 24.9 Å². The highest BCUT2D eigenvalue weighted by Crippen LogP contribution is 2.33. The van der Waals surface area contributed by atoms with Crippen LogP contribution in [-0.2, 0) is 16.1 Å². The van der Waals surface area contributed by atoms with Crippen molar-refractivity contribution in [3.63, 3.8) is 0 Å². The minimum Gasteiger partial charge on any atom is -0.467 e. The molecular weight excluding hydrogens is 489 g/mol. The van der Waals surface area contributed by atoms with Crippen LogP contribution in [0.1, 0.15) is 23.5 Å². The normalized spacial score (nSPS) is 18.2. The summed E-state index contributed by atoms with van der Waals surface area (Å²) in [6.07, 6.45) is -0.729. The highest BCUT2D eigenvalue weighted by Gasteiger charge is 2.33. The molecular formula is C29H36FNO5Si. The Kier molecular flexibility index (Phi) is 8.84. The number of ether oxygens (including phenoxy) is 3. The Labute approximate surface area is 219 Å². The molecule has 37 heavy (non-hydrogen) atoms. The van der Waals surface area contributed by atoms with Crippen LogP contribution in [0.25, 0.3) is 10.8 Å². The molecule has 0 radical (unpaired) electrons. The van der Waals surface area contributed by atoms with Crippen molar-refractivity contribution < 1.29 is 28.5 Å². The third-order valence-corrected chi connectivity index (χ3v) is 8.51. The van der Waals surface area contributed by atoms with E-state index in [1.807, 2.05) is 30.3 Å². The molecule has 1 amide bonds. The molecule has 0 aromatic heterocycles. The molecule has 3 aromatic rings. The predicted molar refractivity (Wildman–Crippen MR) is 145 cm³/mol. The van der Waals surface area contributed by atoms with Gasteiger partial charge in [0.1, 0.15) is 11.6 Å². The summed E-state index contributed by atoms with van der Waals surface area (Å²) in [6, 6.07) is 19.6. The van der Waals surface area contributed by atoms with E-state index in [1.165, 1.54) is 17.0 Å². The maximum atomic E-state index is 13.5. The fraction of sp³-hybridized carbons (Fsp3) is 0.414. The summed E-state index contributed by atoms with van der Waals surface area (Å²) in [5.74, 6) is 0.357. The number of likely N-dealkylation sites (tertiary alicyclic amines) is 1. The molecule has 1 heterocycles. The molecule has 1 aliphatic rings. The average molecular weight is 526 g/mol. The number of hydrogen-bond donors (Lipinski definition) is 1. The fourth-order valence-corrected chi connectivity index (χ4v) is 5.36. The second-order valence-electron chi connectivity index (χ2n) is 10.8. The minimum atomic E-state index is -1.18. The molecule has 0 spiro atoms. The van der Waals surface area contributed by atoms with Gasteiger partial charge >= 0.3 is 6.09 Å². The van der Waals surface area contributed by atoms with E-state index in [2.05, 4.69) is 25.7 Å². The van der Waals surface area contributed by atoms with Crippen molar-refractivity contribution in [2.45, 2.75) is 50.7 Å². The third-order valence-electron chi connectivity index (χ3n) is 6.80. The largest absolute Gasteiger partial charge is 0.467 e. The Bertz CT molecular complexity index is 1200. The monoisotopic (exact) mass is 525 g/mol. The Morgan fingerprint density at radius 2 is 1.78 bits per heavy atom. The van der Waals surface area contributed by atoms with Gasteiger partial charge in [0.15, 0.2) is 6.79 Å². The van der Waals surface area contributed by atoms with Gasteiger partial charge in [0, 0.05) is 32.7 Å². The van der Waals surface area contributed by atoms with E-state index in [4.69, 9.17) is 14.2 Å². The van der Waals surface area contributed by atoms with Crippen LogP contribution in [0.15, 0.2) is 60.7 Å². The summed E-state index contributed by atoms with van der Waals surface area (Å²) < 4.78 is 31.7. The Hall–Kier alpha value is -2.94. The first-order valence-electron chi connectivity index (χ1n) is 12.8. The van der Waals surface area contributed by atoms with Gasteiger partial charge in [-0.05, 0) is 53.1 Å². The molecule has 1 saturated heterocycles. The highest BCUT2D eigenvalue weighted by atomic mass is 28.3. The second kappa shape index (κ2) is 12.1. The average Bonchev–Trinajstić information content (AvgIpc) is 2.86. The molecule has 2 atom stereocenters. The third kappa shape index (κ3) is 7.53. The van der Waals surface area contributed by atoms with Crippen LogP contribution in [0.4, 0.5) is 9.18 Å². The number of benzene rings is 3. The van der Waals surface area contributed by atoms with Crippen molar-refractivity contribution in [3.05, 3.63) is 77.6 Å². The number of carboxylic acid groups (broad SMARTS) is 1. The molecule has 2 unspecified atom stereocenters. The maximum Gasteiger partial charge on any atom is 0.407 e. The van der Waals surface area contributed by atoms with Crippen LogP contribution >= 0.6 is 0 Å². The van der Waals surface area contributed by atoms with E-state index in [1.54, 1.807) is 12.1 Å². The zero-order valence-corrected chi connectivity index (χ0v) is 22.8. The first-order valence-corrected chi connectivity index (χ1v) is 16.5. The molecule has 8 heteroatoms. The van der Waals surface area contributed by atoms with E-state index in [0.29, 0.717) is 25.3 Å². The van der Waals surface area contributed by atoms with Crippen molar-refractivity contribution in [1.82, 2.24) is 4.90 Å². The molecule has 0 saturated carbocycles. The van der Waals surface area contributed by atoms with Gasteiger partial charge in [0.2, 0.25) is 0 Å². The predicted octanol–water partition coefficient (Wildman–Crippen LogP) is 6.72. The number of amides is 1. The number of fused-ring (bicyclic) bond motifs is 1. The van der Waals surface area contributed by atoms with Crippen LogP contribution in [-0.4, -0.2) is 56.8 Å². The van der Waals surface area contributed by atoms with Crippen molar-refractivity contribution in [1.29, 1.82) is 0 Å². The van der Waals surface area contributed by atoms with Gasteiger partial charge in [0.25, 0.3) is 0 Å². The summed E-state index contributed by atoms with van der Waals surface area (Å²) in [4.78, 5) is 13.1. The first-order chi connectivity index (χ1) is 17.7. The zero-order valence-electron chi connectivity index (χ0n) is 21.8. The van der Waals surface area contributed by atoms with Crippen molar-refractivity contribution in [2.75, 3.05) is 26.5 Å². The van der Waals surface area contributed by atoms with Crippen LogP contribution < -0.4 is 4.74 Å². The van der Waals surface area contributed by atoms with Crippen LogP contribution in [0.3, 0.4) is 0 Å². The molecule has 0 bridgehead atoms. The smallest absolute Gasteiger partial charge is 0.407 e. The number of carbonyl (C=O) groups is 1. The van der Waals surface area contributed by atoms with Gasteiger partial charge in [-0.3, -0.25) is 0 Å². The number of hydrogen-bond acceptors (Lipinski definition) is 4. The molecule has 1 aliphatic heterocycles. The highest BCUT2D eigenvalue weighted by molar-refractivity contribution is 6.76. The SMILES string of the molecule is C[Si](C)(C)CCOCOc1cc2ccccc2cc1COC1CN(C(=O)O)CCC1c1ccc(F)cc1. The van der Waals surface area contributed by atoms with Gasteiger partial charge in [-0.1, -0.05) is 56.0 Å². The van der Waals surface area contributed by atoms with Gasteiger partial charge in [-0.2, -0.15) is 0 Å². The van der Waals surface area contributed by atoms with E-state index < -0.39 is 14.2 Å². The number of nitrogens with zero attached hydrogens (tertiary/aromatic N) is 1. The number of rotatable bonds is 10. The summed E-state index contributed by atoms with van der Waals surface area (Å²) in [6.45, 7) is 8.68. The lowest BCUT2D eigenvalue weighted by Gasteiger charge is -2.37. The summed E-state index contributed by atoms with van der Waals surface area (Å²) >= 11 is 0. The summed E-state index contributed by atoms with van der Waals surface area (Å²) in [5, 5.41) is 11.7. The lowest BCUT2D eigenvalue weighted by Crippen LogP contribution is -2.46. The van der Waals surface area contributed by atoms with E-state index >= 15 is 0 Å². The maximum absolute atomic E-state index is 13.5. The van der Waals surface area contributed by atoms with Crippen LogP contribution in [0.5, 0.6) is 5.75 Å². The Balaban J connectivity index is 1.51. The van der Waals surface area contributed by atoms with Crippen LogP contribution in [0, 0.1) is 5.82 Å². The molecule has 1 N–H and O–H groups in total. The minimum absolute atomic E-state index is 0.0362. The number of piperidine rings is 1. The second-order valence-corrected chi connectivity index (χ2v) is 16.4. The van der Waals surface area contributed by atoms with Gasteiger partial charge in [-0.25, -0.2) is 9.18 Å². The van der Waals surface area contributed by atoms with E-state index in [0.717, 1.165) is 27.9 Å². The number of halogens is 1. The van der Waals surface area contributed by atoms with Gasteiger partial charge in [0.05, 0.1) is 19.3 Å². The summed E-state index contributed by atoms with van der Waals surface area (Å²) in [7, 11) is -1.18. The molecule has 3 aromatic carbocycles. The van der Waals surface area contributed by atoms with E-state index in [-0.39, 0.29) is 37.8 Å². The van der Waals surface area contributed by atoms with Crippen LogP contribution in [0.2, 0.25) is 25.7 Å². The molecule has 1 fully saturated rings. The topological polar surface area (TPSA) is 68.2 Å². The lowest BCUT2D eigenvalue weighted by molar-refractivity contribution is -0.0224. The van der Waals surface area contributed by atoms with Crippen molar-refractivity contribution in [3.8, 4) is 5.75 Å². The standard InChI is InChI=1S/C29H36FNO5Si/c1-37(2,3)15-14-34-20-36-27-17-23-7-5-4-6-22(23)16-24(27)19-35-28-18-31(29(32)33)13-12-26(28)21-8-10-25(30)11-9-21/h4-11,16-17,26,28H,12-15,18-20H2,1-3H3,(H,32,33). The Morgan fingerprint density at radius 1 is 1.08 bits per heavy atom. The lowest BCUT2D eigenvalue weighted by atomic mass is 9.87. The molecule has 198 valence electrons. The zero-order chi connectivity index (χ0) is 26.4. The fourth-order valence-electron chi connectivity index (χ4n) is 4.60. The van der Waals surface area contributed by atoms with Gasteiger partial charge in [-0.15, -0.1) is 0 Å². The molecule has 0 aliphatic carbocycles. The van der Waals surface area contributed by atoms with Gasteiger partial charge < -0.3 is 24.2 Å². The Morgan fingerprint density at radius 3 is 2.46 bits per heavy atom. The molecule has 6 nitrogen and oxygen atoms in total. The molecule has 4 rings (SSSR count). The first kappa shape index (κ1) is 27.1. The quantitative estimate of drug-likeness (QED) is 0.181. The van der Waals surface area contributed by atoms with Crippen molar-refractivity contribution in [2.24, 2.45) is 0 Å².